The summed E-state index contributed by atoms with van der Waals surface area (Å²) in [5, 5.41) is 8.18. The number of anilines is 2. The molecule has 1 aliphatic rings. The van der Waals surface area contributed by atoms with Crippen molar-refractivity contribution in [2.24, 2.45) is 0 Å². The fourth-order valence-corrected chi connectivity index (χ4v) is 4.29. The first-order chi connectivity index (χ1) is 15.8. The molecule has 6 heteroatoms. The third kappa shape index (κ3) is 5.83. The van der Waals surface area contributed by atoms with Gasteiger partial charge in [0.25, 0.3) is 0 Å². The Morgan fingerprint density at radius 3 is 2.55 bits per heavy atom. The van der Waals surface area contributed by atoms with E-state index in [-0.39, 0.29) is 24.6 Å². The third-order valence-corrected chi connectivity index (χ3v) is 5.65. The summed E-state index contributed by atoms with van der Waals surface area (Å²) in [5.41, 5.74) is 2.41. The first-order valence-corrected chi connectivity index (χ1v) is 11.4. The average molecular weight is 446 g/mol. The molecule has 0 radical (unpaired) electrons. The van der Waals surface area contributed by atoms with Crippen LogP contribution in [0.5, 0.6) is 0 Å². The van der Waals surface area contributed by atoms with E-state index in [1.165, 1.54) is 5.56 Å². The number of benzene rings is 3. The maximum absolute atomic E-state index is 12.9. The van der Waals surface area contributed by atoms with E-state index in [1.54, 1.807) is 0 Å². The summed E-state index contributed by atoms with van der Waals surface area (Å²) in [6.45, 7) is 6.26. The Balaban J connectivity index is 1.47. The predicted octanol–water partition coefficient (Wildman–Crippen LogP) is 5.12. The molecule has 6 nitrogen and oxygen atoms in total. The number of urea groups is 1. The summed E-state index contributed by atoms with van der Waals surface area (Å²) in [5.74, 6) is -0.279. The van der Waals surface area contributed by atoms with Gasteiger partial charge in [0.05, 0.1) is 5.69 Å². The molecule has 0 aromatic heterocycles. The Labute approximate surface area is 194 Å². The van der Waals surface area contributed by atoms with Crippen molar-refractivity contribution >= 4 is 34.1 Å². The fraction of sp³-hybridized carbons (Fsp3) is 0.333. The van der Waals surface area contributed by atoms with E-state index in [0.29, 0.717) is 6.54 Å². The highest BCUT2D eigenvalue weighted by atomic mass is 16.6. The Hall–Kier alpha value is -3.54. The third-order valence-electron chi connectivity index (χ3n) is 5.65. The number of amides is 2. The lowest BCUT2D eigenvalue weighted by molar-refractivity contribution is -0.153. The molecule has 0 spiro atoms. The molecular formula is C27H31N3O3. The van der Waals surface area contributed by atoms with Crippen molar-refractivity contribution in [1.29, 1.82) is 0 Å². The first-order valence-electron chi connectivity index (χ1n) is 11.4. The minimum Gasteiger partial charge on any atom is -0.459 e. The zero-order chi connectivity index (χ0) is 23.4. The highest BCUT2D eigenvalue weighted by molar-refractivity contribution is 6.01. The van der Waals surface area contributed by atoms with Gasteiger partial charge in [0.15, 0.2) is 0 Å². The van der Waals surface area contributed by atoms with E-state index >= 15 is 0 Å². The first kappa shape index (κ1) is 22.6. The van der Waals surface area contributed by atoms with Crippen LogP contribution in [0.1, 0.15) is 32.8 Å². The van der Waals surface area contributed by atoms with Gasteiger partial charge in [-0.3, -0.25) is 4.79 Å². The SMILES string of the molecule is CC(C)(C)OC(=O)CN1CC(NC(=O)Nc2cccc3ccccc23)CCc2ccccc21. The molecule has 0 aliphatic carbocycles. The maximum Gasteiger partial charge on any atom is 0.326 e. The molecule has 0 saturated carbocycles. The van der Waals surface area contributed by atoms with Crippen LogP contribution in [0.2, 0.25) is 0 Å². The second-order valence-corrected chi connectivity index (χ2v) is 9.46. The number of esters is 1. The van der Waals surface area contributed by atoms with Crippen molar-refractivity contribution < 1.29 is 14.3 Å². The number of nitrogens with one attached hydrogen (secondary N) is 2. The number of carbonyl (C=O) groups excluding carboxylic acids is 2. The average Bonchev–Trinajstić information content (AvgIpc) is 2.92. The van der Waals surface area contributed by atoms with Crippen LogP contribution in [-0.2, 0) is 16.0 Å². The highest BCUT2D eigenvalue weighted by Crippen LogP contribution is 2.27. The van der Waals surface area contributed by atoms with Crippen molar-refractivity contribution in [1.82, 2.24) is 5.32 Å². The van der Waals surface area contributed by atoms with E-state index in [1.807, 2.05) is 86.3 Å². The Morgan fingerprint density at radius 1 is 1.00 bits per heavy atom. The predicted molar refractivity (Wildman–Crippen MR) is 133 cm³/mol. The van der Waals surface area contributed by atoms with E-state index in [2.05, 4.69) is 16.7 Å². The molecule has 172 valence electrons. The molecule has 4 rings (SSSR count). The molecule has 3 aromatic rings. The molecular weight excluding hydrogens is 414 g/mol. The molecule has 1 unspecified atom stereocenters. The van der Waals surface area contributed by atoms with Crippen LogP contribution in [0, 0.1) is 0 Å². The number of ether oxygens (including phenoxy) is 1. The van der Waals surface area contributed by atoms with Crippen LogP contribution in [0.25, 0.3) is 10.8 Å². The van der Waals surface area contributed by atoms with Crippen molar-refractivity contribution in [3.63, 3.8) is 0 Å². The molecule has 2 amide bonds. The molecule has 1 atom stereocenters. The molecule has 3 aromatic carbocycles. The number of rotatable bonds is 4. The summed E-state index contributed by atoms with van der Waals surface area (Å²) in [7, 11) is 0. The van der Waals surface area contributed by atoms with Gasteiger partial charge in [-0.1, -0.05) is 54.6 Å². The van der Waals surface area contributed by atoms with Gasteiger partial charge in [-0.05, 0) is 56.7 Å². The number of hydrogen-bond donors (Lipinski definition) is 2. The summed E-state index contributed by atoms with van der Waals surface area (Å²) in [6, 6.07) is 21.5. The largest absolute Gasteiger partial charge is 0.459 e. The monoisotopic (exact) mass is 445 g/mol. The molecule has 33 heavy (non-hydrogen) atoms. The topological polar surface area (TPSA) is 70.7 Å². The van der Waals surface area contributed by atoms with E-state index in [4.69, 9.17) is 4.74 Å². The molecule has 1 heterocycles. The molecule has 1 aliphatic heterocycles. The Kier molecular flexibility index (Phi) is 6.54. The van der Waals surface area contributed by atoms with E-state index in [9.17, 15) is 9.59 Å². The second-order valence-electron chi connectivity index (χ2n) is 9.46. The lowest BCUT2D eigenvalue weighted by atomic mass is 10.1. The molecule has 0 saturated heterocycles. The van der Waals surface area contributed by atoms with Crippen molar-refractivity contribution in [2.45, 2.75) is 45.3 Å². The number of aryl methyl sites for hydroxylation is 1. The maximum atomic E-state index is 12.9. The van der Waals surface area contributed by atoms with Crippen molar-refractivity contribution in [3.05, 3.63) is 72.3 Å². The quantitative estimate of drug-likeness (QED) is 0.547. The van der Waals surface area contributed by atoms with Gasteiger partial charge < -0.3 is 20.3 Å². The summed E-state index contributed by atoms with van der Waals surface area (Å²) in [6.07, 6.45) is 1.60. The van der Waals surface area contributed by atoms with Crippen molar-refractivity contribution in [2.75, 3.05) is 23.3 Å². The number of carbonyl (C=O) groups is 2. The van der Waals surface area contributed by atoms with Crippen LogP contribution in [-0.4, -0.2) is 36.7 Å². The zero-order valence-electron chi connectivity index (χ0n) is 19.4. The van der Waals surface area contributed by atoms with Gasteiger partial charge >= 0.3 is 12.0 Å². The summed E-state index contributed by atoms with van der Waals surface area (Å²) >= 11 is 0. The number of hydrogen-bond acceptors (Lipinski definition) is 4. The van der Waals surface area contributed by atoms with Crippen LogP contribution in [0.3, 0.4) is 0 Å². The van der Waals surface area contributed by atoms with E-state index < -0.39 is 5.60 Å². The molecule has 0 bridgehead atoms. The summed E-state index contributed by atoms with van der Waals surface area (Å²) < 4.78 is 5.55. The summed E-state index contributed by atoms with van der Waals surface area (Å²) in [4.78, 5) is 27.5. The number of para-hydroxylation sites is 1. The van der Waals surface area contributed by atoms with Crippen LogP contribution >= 0.6 is 0 Å². The van der Waals surface area contributed by atoms with Gasteiger partial charge in [0.2, 0.25) is 0 Å². The van der Waals surface area contributed by atoms with Crippen LogP contribution < -0.4 is 15.5 Å². The lowest BCUT2D eigenvalue weighted by Crippen LogP contribution is -2.46. The van der Waals surface area contributed by atoms with E-state index in [0.717, 1.165) is 35.0 Å². The Morgan fingerprint density at radius 2 is 1.73 bits per heavy atom. The van der Waals surface area contributed by atoms with Gasteiger partial charge in [-0.25, -0.2) is 4.79 Å². The number of fused-ring (bicyclic) bond motifs is 2. The van der Waals surface area contributed by atoms with Crippen LogP contribution in [0.4, 0.5) is 16.2 Å². The van der Waals surface area contributed by atoms with Gasteiger partial charge in [0.1, 0.15) is 12.1 Å². The lowest BCUT2D eigenvalue weighted by Gasteiger charge is -2.29. The standard InChI is InChI=1S/C27H31N3O3/c1-27(2,3)33-25(31)18-30-17-21(16-15-20-10-5-7-14-24(20)30)28-26(32)29-23-13-8-11-19-9-4-6-12-22(19)23/h4-14,21H,15-18H2,1-3H3,(H2,28,29,32). The highest BCUT2D eigenvalue weighted by Gasteiger charge is 2.26. The zero-order valence-corrected chi connectivity index (χ0v) is 19.4. The Bertz CT molecular complexity index is 1150. The minimum atomic E-state index is -0.543. The minimum absolute atomic E-state index is 0.116. The second kappa shape index (κ2) is 9.53. The molecule has 0 fully saturated rings. The van der Waals surface area contributed by atoms with Crippen molar-refractivity contribution in [3.8, 4) is 0 Å². The number of nitrogens with zero attached hydrogens (tertiary/aromatic N) is 1. The van der Waals surface area contributed by atoms with Crippen LogP contribution in [0.15, 0.2) is 66.7 Å². The normalized spacial score (nSPS) is 16.0. The van der Waals surface area contributed by atoms with Gasteiger partial charge in [-0.2, -0.15) is 0 Å². The van der Waals surface area contributed by atoms with Gasteiger partial charge in [0, 0.05) is 23.7 Å². The van der Waals surface area contributed by atoms with Gasteiger partial charge in [-0.15, -0.1) is 0 Å². The smallest absolute Gasteiger partial charge is 0.326 e. The molecule has 2 N–H and O–H groups in total. The fourth-order valence-electron chi connectivity index (χ4n) is 4.29.